The molecule has 2 amide bonds. The van der Waals surface area contributed by atoms with E-state index in [4.69, 9.17) is 16.3 Å². The van der Waals surface area contributed by atoms with Crippen LogP contribution in [-0.2, 0) is 9.53 Å². The molecule has 1 aromatic carbocycles. The molecule has 1 aromatic rings. The van der Waals surface area contributed by atoms with Gasteiger partial charge in [-0.2, -0.15) is 0 Å². The zero-order chi connectivity index (χ0) is 15.7. The van der Waals surface area contributed by atoms with Gasteiger partial charge in [-0.25, -0.2) is 0 Å². The van der Waals surface area contributed by atoms with Crippen LogP contribution in [0.4, 0.5) is 5.69 Å². The van der Waals surface area contributed by atoms with Crippen molar-refractivity contribution in [3.63, 3.8) is 0 Å². The van der Waals surface area contributed by atoms with Crippen LogP contribution in [0, 0.1) is 0 Å². The number of halogens is 2. The molecule has 0 aliphatic heterocycles. The molecule has 0 aromatic heterocycles. The largest absolute Gasteiger partial charge is 0.383 e. The Bertz CT molecular complexity index is 498. The molecule has 0 fully saturated rings. The maximum absolute atomic E-state index is 11.9. The number of carbonyl (C=O) groups excluding carboxylic acids is 2. The maximum atomic E-state index is 11.9. The Labute approximate surface area is 141 Å². The number of carbonyl (C=O) groups is 2. The van der Waals surface area contributed by atoms with E-state index in [1.807, 2.05) is 6.92 Å². The number of nitrogens with one attached hydrogen (secondary N) is 3. The lowest BCUT2D eigenvalue weighted by atomic mass is 10.1. The lowest BCUT2D eigenvalue weighted by Crippen LogP contribution is -2.31. The Morgan fingerprint density at radius 3 is 2.68 bits per heavy atom. The van der Waals surface area contributed by atoms with E-state index in [1.54, 1.807) is 19.2 Å². The van der Waals surface area contributed by atoms with E-state index in [0.29, 0.717) is 36.0 Å². The van der Waals surface area contributed by atoms with E-state index in [-0.39, 0.29) is 30.8 Å². The zero-order valence-corrected chi connectivity index (χ0v) is 14.1. The molecule has 0 unspecified atom stereocenters. The molecule has 0 aliphatic carbocycles. The summed E-state index contributed by atoms with van der Waals surface area (Å²) in [6.45, 7) is 3.56. The van der Waals surface area contributed by atoms with Crippen molar-refractivity contribution in [2.75, 3.05) is 38.7 Å². The van der Waals surface area contributed by atoms with Gasteiger partial charge in [0.15, 0.2) is 0 Å². The van der Waals surface area contributed by atoms with Gasteiger partial charge in [0.2, 0.25) is 5.91 Å². The molecule has 0 saturated carbocycles. The van der Waals surface area contributed by atoms with Crippen molar-refractivity contribution in [1.82, 2.24) is 10.6 Å². The summed E-state index contributed by atoms with van der Waals surface area (Å²) >= 11 is 5.90. The highest BCUT2D eigenvalue weighted by atomic mass is 35.5. The zero-order valence-electron chi connectivity index (χ0n) is 12.6. The summed E-state index contributed by atoms with van der Waals surface area (Å²) in [4.78, 5) is 23.8. The fourth-order valence-electron chi connectivity index (χ4n) is 1.64. The standard InChI is InChI=1S/C14H20ClN3O3.ClH/c1-3-17-14(20)11-8-10(15)4-5-12(11)18-13(19)9-16-6-7-21-2;/h4-5,8,16H,3,6-7,9H2,1-2H3,(H,17,20)(H,18,19);1H. The minimum absolute atomic E-state index is 0. The molecule has 8 heteroatoms. The summed E-state index contributed by atoms with van der Waals surface area (Å²) in [7, 11) is 1.59. The van der Waals surface area contributed by atoms with Crippen molar-refractivity contribution in [1.29, 1.82) is 0 Å². The van der Waals surface area contributed by atoms with Crippen LogP contribution < -0.4 is 16.0 Å². The number of hydrogen-bond donors (Lipinski definition) is 3. The molecule has 0 radical (unpaired) electrons. The number of methoxy groups -OCH3 is 1. The fourth-order valence-corrected chi connectivity index (χ4v) is 1.81. The van der Waals surface area contributed by atoms with Crippen LogP contribution in [-0.4, -0.2) is 45.2 Å². The van der Waals surface area contributed by atoms with Gasteiger partial charge in [0.05, 0.1) is 24.4 Å². The third kappa shape index (κ3) is 7.09. The minimum atomic E-state index is -0.275. The predicted molar refractivity (Wildman–Crippen MR) is 90.1 cm³/mol. The number of ether oxygens (including phenoxy) is 1. The second-order valence-electron chi connectivity index (χ2n) is 4.27. The van der Waals surface area contributed by atoms with E-state index in [2.05, 4.69) is 16.0 Å². The summed E-state index contributed by atoms with van der Waals surface area (Å²) in [5.41, 5.74) is 0.776. The van der Waals surface area contributed by atoms with E-state index >= 15 is 0 Å². The van der Waals surface area contributed by atoms with Gasteiger partial charge in [0.25, 0.3) is 5.91 Å². The Balaban J connectivity index is 0.00000441. The number of rotatable bonds is 8. The van der Waals surface area contributed by atoms with Crippen LogP contribution in [0.1, 0.15) is 17.3 Å². The Kier molecular flexibility index (Phi) is 10.6. The van der Waals surface area contributed by atoms with Gasteiger partial charge in [-0.15, -0.1) is 12.4 Å². The van der Waals surface area contributed by atoms with Crippen LogP contribution in [0.15, 0.2) is 18.2 Å². The summed E-state index contributed by atoms with van der Waals surface area (Å²) in [5, 5.41) is 8.74. The number of anilines is 1. The second kappa shape index (κ2) is 11.3. The average molecular weight is 350 g/mol. The van der Waals surface area contributed by atoms with Crippen LogP contribution in [0.2, 0.25) is 5.02 Å². The molecule has 22 heavy (non-hydrogen) atoms. The summed E-state index contributed by atoms with van der Waals surface area (Å²) < 4.78 is 4.87. The van der Waals surface area contributed by atoms with Gasteiger partial charge >= 0.3 is 0 Å². The van der Waals surface area contributed by atoms with Gasteiger partial charge in [-0.3, -0.25) is 9.59 Å². The van der Waals surface area contributed by atoms with Crippen molar-refractivity contribution in [2.24, 2.45) is 0 Å². The van der Waals surface area contributed by atoms with Gasteiger partial charge in [-0.05, 0) is 25.1 Å². The molecule has 0 bridgehead atoms. The molecule has 0 atom stereocenters. The molecule has 0 spiro atoms. The highest BCUT2D eigenvalue weighted by molar-refractivity contribution is 6.31. The first kappa shape index (κ1) is 20.7. The van der Waals surface area contributed by atoms with Crippen molar-refractivity contribution < 1.29 is 14.3 Å². The Morgan fingerprint density at radius 1 is 1.32 bits per heavy atom. The van der Waals surface area contributed by atoms with Crippen molar-refractivity contribution in [3.8, 4) is 0 Å². The van der Waals surface area contributed by atoms with E-state index in [0.717, 1.165) is 0 Å². The molecular weight excluding hydrogens is 329 g/mol. The lowest BCUT2D eigenvalue weighted by molar-refractivity contribution is -0.115. The predicted octanol–water partition coefficient (Wildman–Crippen LogP) is 1.69. The van der Waals surface area contributed by atoms with E-state index in [1.165, 1.54) is 6.07 Å². The van der Waals surface area contributed by atoms with Gasteiger partial charge in [0.1, 0.15) is 0 Å². The molecule has 124 valence electrons. The number of benzene rings is 1. The third-order valence-corrected chi connectivity index (χ3v) is 2.84. The molecule has 0 heterocycles. The third-order valence-electron chi connectivity index (χ3n) is 2.61. The monoisotopic (exact) mass is 349 g/mol. The summed E-state index contributed by atoms with van der Waals surface area (Å²) in [6.07, 6.45) is 0. The van der Waals surface area contributed by atoms with Crippen molar-refractivity contribution in [3.05, 3.63) is 28.8 Å². The summed E-state index contributed by atoms with van der Waals surface area (Å²) in [6, 6.07) is 4.76. The first-order chi connectivity index (χ1) is 10.1. The molecule has 3 N–H and O–H groups in total. The first-order valence-corrected chi connectivity index (χ1v) is 7.03. The van der Waals surface area contributed by atoms with Crippen molar-refractivity contribution >= 4 is 41.5 Å². The van der Waals surface area contributed by atoms with Gasteiger partial charge in [-0.1, -0.05) is 11.6 Å². The Morgan fingerprint density at radius 2 is 2.05 bits per heavy atom. The highest BCUT2D eigenvalue weighted by Crippen LogP contribution is 2.20. The lowest BCUT2D eigenvalue weighted by Gasteiger charge is -2.11. The van der Waals surface area contributed by atoms with Gasteiger partial charge < -0.3 is 20.7 Å². The maximum Gasteiger partial charge on any atom is 0.253 e. The van der Waals surface area contributed by atoms with Crippen LogP contribution >= 0.6 is 24.0 Å². The molecular formula is C14H21Cl2N3O3. The van der Waals surface area contributed by atoms with Crippen molar-refractivity contribution in [2.45, 2.75) is 6.92 Å². The molecule has 6 nitrogen and oxygen atoms in total. The second-order valence-corrected chi connectivity index (χ2v) is 4.70. The van der Waals surface area contributed by atoms with Crippen LogP contribution in [0.3, 0.4) is 0 Å². The first-order valence-electron chi connectivity index (χ1n) is 6.65. The summed E-state index contributed by atoms with van der Waals surface area (Å²) in [5.74, 6) is -0.512. The smallest absolute Gasteiger partial charge is 0.253 e. The molecule has 1 rings (SSSR count). The van der Waals surface area contributed by atoms with Crippen LogP contribution in [0.25, 0.3) is 0 Å². The quantitative estimate of drug-likeness (QED) is 0.624. The minimum Gasteiger partial charge on any atom is -0.383 e. The van der Waals surface area contributed by atoms with Crippen LogP contribution in [0.5, 0.6) is 0 Å². The number of amides is 2. The topological polar surface area (TPSA) is 79.5 Å². The molecule has 0 saturated heterocycles. The SMILES string of the molecule is CCNC(=O)c1cc(Cl)ccc1NC(=O)CNCCOC.Cl. The van der Waals surface area contributed by atoms with Gasteiger partial charge in [0, 0.05) is 25.2 Å². The average Bonchev–Trinajstić information content (AvgIpc) is 2.46. The Hall–Kier alpha value is -1.34. The highest BCUT2D eigenvalue weighted by Gasteiger charge is 2.13. The normalized spacial score (nSPS) is 9.77. The van der Waals surface area contributed by atoms with E-state index in [9.17, 15) is 9.59 Å². The van der Waals surface area contributed by atoms with E-state index < -0.39 is 0 Å². The number of hydrogen-bond acceptors (Lipinski definition) is 4. The molecule has 0 aliphatic rings. The fraction of sp³-hybridized carbons (Fsp3) is 0.429.